The van der Waals surface area contributed by atoms with E-state index >= 15 is 0 Å². The highest BCUT2D eigenvalue weighted by molar-refractivity contribution is 7.99. The Labute approximate surface area is 162 Å². The van der Waals surface area contributed by atoms with E-state index in [4.69, 9.17) is 12.2 Å². The van der Waals surface area contributed by atoms with Gasteiger partial charge in [0.05, 0.1) is 5.69 Å². The second-order valence-corrected chi connectivity index (χ2v) is 8.06. The molecule has 0 spiro atoms. The van der Waals surface area contributed by atoms with Crippen molar-refractivity contribution in [3.8, 4) is 0 Å². The largest absolute Gasteiger partial charge is 0.319 e. The number of anilines is 1. The average molecular weight is 383 g/mol. The van der Waals surface area contributed by atoms with E-state index in [1.807, 2.05) is 4.90 Å². The van der Waals surface area contributed by atoms with Crippen molar-refractivity contribution in [2.24, 2.45) is 0 Å². The van der Waals surface area contributed by atoms with Crippen molar-refractivity contribution in [1.29, 1.82) is 0 Å². The van der Waals surface area contributed by atoms with Gasteiger partial charge >= 0.3 is 0 Å². The van der Waals surface area contributed by atoms with Crippen molar-refractivity contribution in [3.05, 3.63) is 65.2 Å². The SMILES string of the molecule is CC(=O)c1ccc(N2C(=O)[C@@H]3CS[C@H](c4ccc(C)cc4)N3C2=S)cc1. The van der Waals surface area contributed by atoms with Crippen LogP contribution in [0.2, 0.25) is 0 Å². The van der Waals surface area contributed by atoms with Crippen LogP contribution in [0.15, 0.2) is 48.5 Å². The molecule has 4 rings (SSSR count). The molecular weight excluding hydrogens is 364 g/mol. The maximum atomic E-state index is 13.0. The van der Waals surface area contributed by atoms with E-state index in [-0.39, 0.29) is 23.1 Å². The summed E-state index contributed by atoms with van der Waals surface area (Å²) in [6, 6.07) is 15.2. The van der Waals surface area contributed by atoms with Crippen LogP contribution in [0.25, 0.3) is 0 Å². The monoisotopic (exact) mass is 382 g/mol. The number of amides is 1. The Hall–Kier alpha value is -2.18. The lowest BCUT2D eigenvalue weighted by molar-refractivity contribution is -0.119. The Morgan fingerprint density at radius 1 is 1.12 bits per heavy atom. The number of rotatable bonds is 3. The molecule has 132 valence electrons. The topological polar surface area (TPSA) is 40.6 Å². The summed E-state index contributed by atoms with van der Waals surface area (Å²) in [4.78, 5) is 28.1. The van der Waals surface area contributed by atoms with E-state index in [0.717, 1.165) is 11.3 Å². The predicted molar refractivity (Wildman–Crippen MR) is 109 cm³/mol. The van der Waals surface area contributed by atoms with Crippen LogP contribution in [0.4, 0.5) is 5.69 Å². The number of hydrogen-bond donors (Lipinski definition) is 0. The van der Waals surface area contributed by atoms with Gasteiger partial charge in [0, 0.05) is 11.3 Å². The fourth-order valence-electron chi connectivity index (χ4n) is 3.36. The first kappa shape index (κ1) is 17.2. The standard InChI is InChI=1S/C20H18N2O2S2/c1-12-3-5-15(6-4-12)19-22-17(11-26-19)18(24)21(20(22)25)16-9-7-14(8-10-16)13(2)23/h3-10,17,19H,11H2,1-2H3/t17-,19+/m0/s1. The van der Waals surface area contributed by atoms with Crippen LogP contribution in [-0.2, 0) is 4.79 Å². The van der Waals surface area contributed by atoms with E-state index in [0.29, 0.717) is 16.4 Å². The fraction of sp³-hybridized carbons (Fsp3) is 0.250. The molecule has 2 saturated heterocycles. The number of ketones is 1. The number of thioether (sulfide) groups is 1. The number of nitrogens with zero attached hydrogens (tertiary/aromatic N) is 2. The zero-order valence-electron chi connectivity index (χ0n) is 14.5. The molecule has 2 aliphatic heterocycles. The van der Waals surface area contributed by atoms with Gasteiger partial charge in [0.25, 0.3) is 5.91 Å². The first-order valence-electron chi connectivity index (χ1n) is 8.43. The third-order valence-electron chi connectivity index (χ3n) is 4.81. The predicted octanol–water partition coefficient (Wildman–Crippen LogP) is 3.95. The average Bonchev–Trinajstić information content (AvgIpc) is 3.17. The van der Waals surface area contributed by atoms with Crippen LogP contribution in [0.3, 0.4) is 0 Å². The van der Waals surface area contributed by atoms with Crippen molar-refractivity contribution in [3.63, 3.8) is 0 Å². The summed E-state index contributed by atoms with van der Waals surface area (Å²) < 4.78 is 0. The smallest absolute Gasteiger partial charge is 0.257 e. The van der Waals surface area contributed by atoms with Gasteiger partial charge in [0.15, 0.2) is 10.9 Å². The van der Waals surface area contributed by atoms with Crippen LogP contribution in [0, 0.1) is 6.92 Å². The lowest BCUT2D eigenvalue weighted by Gasteiger charge is -2.25. The first-order valence-corrected chi connectivity index (χ1v) is 9.88. The maximum Gasteiger partial charge on any atom is 0.257 e. The van der Waals surface area contributed by atoms with Crippen molar-refractivity contribution < 1.29 is 9.59 Å². The first-order chi connectivity index (χ1) is 12.5. The summed E-state index contributed by atoms with van der Waals surface area (Å²) in [7, 11) is 0. The van der Waals surface area contributed by atoms with Gasteiger partial charge in [-0.1, -0.05) is 29.8 Å². The van der Waals surface area contributed by atoms with Crippen molar-refractivity contribution in [2.75, 3.05) is 10.7 Å². The minimum absolute atomic E-state index is 0.00308. The third kappa shape index (κ3) is 2.73. The molecule has 0 saturated carbocycles. The van der Waals surface area contributed by atoms with E-state index in [9.17, 15) is 9.59 Å². The van der Waals surface area contributed by atoms with Gasteiger partial charge in [-0.3, -0.25) is 14.5 Å². The summed E-state index contributed by atoms with van der Waals surface area (Å²) >= 11 is 7.43. The summed E-state index contributed by atoms with van der Waals surface area (Å²) in [5.41, 5.74) is 3.71. The Morgan fingerprint density at radius 3 is 2.38 bits per heavy atom. The highest BCUT2D eigenvalue weighted by atomic mass is 32.2. The zero-order valence-corrected chi connectivity index (χ0v) is 16.1. The Morgan fingerprint density at radius 2 is 1.77 bits per heavy atom. The van der Waals surface area contributed by atoms with E-state index in [1.165, 1.54) is 12.5 Å². The molecule has 6 heteroatoms. The molecule has 2 aromatic carbocycles. The van der Waals surface area contributed by atoms with Gasteiger partial charge in [-0.15, -0.1) is 11.8 Å². The third-order valence-corrected chi connectivity index (χ3v) is 6.53. The number of aryl methyl sites for hydroxylation is 1. The Balaban J connectivity index is 1.64. The number of fused-ring (bicyclic) bond motifs is 1. The molecule has 2 atom stereocenters. The van der Waals surface area contributed by atoms with Crippen molar-refractivity contribution >= 4 is 46.5 Å². The molecule has 4 nitrogen and oxygen atoms in total. The molecule has 2 aliphatic rings. The number of benzene rings is 2. The van der Waals surface area contributed by atoms with E-state index in [2.05, 4.69) is 31.2 Å². The lowest BCUT2D eigenvalue weighted by Crippen LogP contribution is -2.33. The number of carbonyl (C=O) groups is 2. The van der Waals surface area contributed by atoms with E-state index in [1.54, 1.807) is 40.9 Å². The molecule has 2 aromatic rings. The molecule has 0 unspecified atom stereocenters. The zero-order chi connectivity index (χ0) is 18.4. The van der Waals surface area contributed by atoms with Gasteiger partial charge in [-0.05, 0) is 55.9 Å². The lowest BCUT2D eigenvalue weighted by atomic mass is 10.1. The number of Topliss-reactive ketones (excluding diaryl/α,β-unsaturated/α-hetero) is 1. The van der Waals surface area contributed by atoms with Crippen LogP contribution in [0.1, 0.15) is 33.8 Å². The molecule has 1 amide bonds. The maximum absolute atomic E-state index is 13.0. The summed E-state index contributed by atoms with van der Waals surface area (Å²) in [6.45, 7) is 3.59. The molecule has 0 aliphatic carbocycles. The molecule has 0 radical (unpaired) electrons. The molecule has 0 aromatic heterocycles. The second kappa shape index (κ2) is 6.52. The molecule has 0 bridgehead atoms. The van der Waals surface area contributed by atoms with Crippen molar-refractivity contribution in [1.82, 2.24) is 4.90 Å². The van der Waals surface area contributed by atoms with Gasteiger partial charge in [0.2, 0.25) is 0 Å². The Kier molecular flexibility index (Phi) is 4.32. The quantitative estimate of drug-likeness (QED) is 0.594. The highest BCUT2D eigenvalue weighted by Crippen LogP contribution is 2.46. The summed E-state index contributed by atoms with van der Waals surface area (Å²) in [5, 5.41) is 0.588. The molecule has 0 N–H and O–H groups in total. The number of thiocarbonyl (C=S) groups is 1. The van der Waals surface area contributed by atoms with E-state index < -0.39 is 0 Å². The summed E-state index contributed by atoms with van der Waals surface area (Å²) in [6.07, 6.45) is 0. The van der Waals surface area contributed by atoms with Gasteiger partial charge in [-0.2, -0.15) is 0 Å². The van der Waals surface area contributed by atoms with Crippen LogP contribution in [-0.4, -0.2) is 33.5 Å². The summed E-state index contributed by atoms with van der Waals surface area (Å²) in [5.74, 6) is 0.732. The van der Waals surface area contributed by atoms with Gasteiger partial charge in [-0.25, -0.2) is 0 Å². The van der Waals surface area contributed by atoms with Gasteiger partial charge < -0.3 is 4.90 Å². The minimum atomic E-state index is -0.230. The molecule has 26 heavy (non-hydrogen) atoms. The number of carbonyl (C=O) groups excluding carboxylic acids is 2. The molecule has 2 fully saturated rings. The van der Waals surface area contributed by atoms with Crippen LogP contribution >= 0.6 is 24.0 Å². The number of hydrogen-bond acceptors (Lipinski definition) is 4. The second-order valence-electron chi connectivity index (χ2n) is 6.58. The van der Waals surface area contributed by atoms with Crippen molar-refractivity contribution in [2.45, 2.75) is 25.3 Å². The van der Waals surface area contributed by atoms with Crippen LogP contribution < -0.4 is 4.90 Å². The minimum Gasteiger partial charge on any atom is -0.319 e. The van der Waals surface area contributed by atoms with Crippen LogP contribution in [0.5, 0.6) is 0 Å². The normalized spacial score (nSPS) is 22.1. The Bertz CT molecular complexity index is 893. The molecule has 2 heterocycles. The molecular formula is C20H18N2O2S2. The highest BCUT2D eigenvalue weighted by Gasteiger charge is 2.50. The van der Waals surface area contributed by atoms with Gasteiger partial charge in [0.1, 0.15) is 11.4 Å². The fourth-order valence-corrected chi connectivity index (χ4v) is 5.28.